The summed E-state index contributed by atoms with van der Waals surface area (Å²) in [5, 5.41) is 2.93. The van der Waals surface area contributed by atoms with Gasteiger partial charge in [0.05, 0.1) is 11.3 Å². The topological polar surface area (TPSA) is 58.6 Å². The maximum atomic E-state index is 13.1. The molecule has 1 aliphatic rings. The molecule has 2 amide bonds. The first kappa shape index (κ1) is 20.9. The predicted molar refractivity (Wildman–Crippen MR) is 115 cm³/mol. The summed E-state index contributed by atoms with van der Waals surface area (Å²) in [6, 6.07) is 14.9. The molecule has 0 bridgehead atoms. The van der Waals surface area contributed by atoms with Crippen LogP contribution in [0.3, 0.4) is 0 Å². The molecule has 1 fully saturated rings. The molecule has 1 saturated heterocycles. The molecule has 0 aromatic heterocycles. The van der Waals surface area contributed by atoms with E-state index < -0.39 is 6.10 Å². The molecule has 2 aromatic carbocycles. The van der Waals surface area contributed by atoms with Gasteiger partial charge in [0.2, 0.25) is 0 Å². The van der Waals surface area contributed by atoms with Gasteiger partial charge in [0, 0.05) is 13.1 Å². The molecular weight excluding hydrogens is 364 g/mol. The van der Waals surface area contributed by atoms with Gasteiger partial charge in [-0.15, -0.1) is 0 Å². The van der Waals surface area contributed by atoms with Crippen molar-refractivity contribution >= 4 is 17.5 Å². The van der Waals surface area contributed by atoms with Crippen LogP contribution < -0.4 is 10.1 Å². The van der Waals surface area contributed by atoms with Crippen LogP contribution in [0.25, 0.3) is 0 Å². The third-order valence-electron chi connectivity index (χ3n) is 5.33. The molecule has 2 aromatic rings. The molecule has 1 atom stereocenters. The van der Waals surface area contributed by atoms with Crippen molar-refractivity contribution in [3.8, 4) is 5.75 Å². The molecule has 0 radical (unpaired) electrons. The molecule has 0 spiro atoms. The van der Waals surface area contributed by atoms with Crippen LogP contribution in [0, 0.1) is 6.92 Å². The second-order valence-corrected chi connectivity index (χ2v) is 7.52. The molecule has 1 N–H and O–H groups in total. The Bertz CT molecular complexity index is 842. The zero-order valence-electron chi connectivity index (χ0n) is 17.3. The number of hydrogen-bond acceptors (Lipinski definition) is 3. The van der Waals surface area contributed by atoms with Crippen molar-refractivity contribution in [1.82, 2.24) is 4.90 Å². The van der Waals surface area contributed by atoms with E-state index in [1.807, 2.05) is 55.1 Å². The van der Waals surface area contributed by atoms with E-state index in [0.717, 1.165) is 44.3 Å². The van der Waals surface area contributed by atoms with Crippen LogP contribution in [-0.4, -0.2) is 35.9 Å². The highest BCUT2D eigenvalue weighted by Crippen LogP contribution is 2.22. The Morgan fingerprint density at radius 2 is 1.66 bits per heavy atom. The first-order valence-electron chi connectivity index (χ1n) is 10.5. The summed E-state index contributed by atoms with van der Waals surface area (Å²) >= 11 is 0. The normalized spacial score (nSPS) is 15.3. The highest BCUT2D eigenvalue weighted by atomic mass is 16.5. The van der Waals surface area contributed by atoms with Crippen LogP contribution in [0.1, 0.15) is 54.9 Å². The Labute approximate surface area is 173 Å². The van der Waals surface area contributed by atoms with Crippen molar-refractivity contribution in [2.75, 3.05) is 18.4 Å². The van der Waals surface area contributed by atoms with Gasteiger partial charge >= 0.3 is 0 Å². The van der Waals surface area contributed by atoms with Gasteiger partial charge in [0.15, 0.2) is 6.10 Å². The summed E-state index contributed by atoms with van der Waals surface area (Å²) in [5.41, 5.74) is 2.06. The van der Waals surface area contributed by atoms with Crippen molar-refractivity contribution in [3.05, 3.63) is 59.7 Å². The standard InChI is InChI=1S/C24H30N2O3/c1-3-21(29-22-15-9-6-12-18(22)2)23(27)25-20-14-8-7-13-19(20)24(28)26-16-10-4-5-11-17-26/h6-9,12-15,21H,3-5,10-11,16-17H2,1-2H3,(H,25,27). The SMILES string of the molecule is CCC(Oc1ccccc1C)C(=O)Nc1ccccc1C(=O)N1CCCCCC1. The molecule has 0 saturated carbocycles. The molecule has 1 heterocycles. The number of amides is 2. The molecular formula is C24H30N2O3. The lowest BCUT2D eigenvalue weighted by molar-refractivity contribution is -0.122. The van der Waals surface area contributed by atoms with E-state index in [0.29, 0.717) is 23.4 Å². The fourth-order valence-electron chi connectivity index (χ4n) is 3.60. The van der Waals surface area contributed by atoms with Gasteiger partial charge < -0.3 is 15.0 Å². The van der Waals surface area contributed by atoms with E-state index in [1.54, 1.807) is 12.1 Å². The Balaban J connectivity index is 1.74. The van der Waals surface area contributed by atoms with E-state index in [1.165, 1.54) is 0 Å². The zero-order chi connectivity index (χ0) is 20.6. The number of aryl methyl sites for hydroxylation is 1. The summed E-state index contributed by atoms with van der Waals surface area (Å²) in [6.45, 7) is 5.41. The van der Waals surface area contributed by atoms with Crippen LogP contribution in [0.4, 0.5) is 5.69 Å². The third kappa shape index (κ3) is 5.37. The van der Waals surface area contributed by atoms with Crippen LogP contribution in [0.2, 0.25) is 0 Å². The first-order chi connectivity index (χ1) is 14.1. The Morgan fingerprint density at radius 3 is 2.34 bits per heavy atom. The lowest BCUT2D eigenvalue weighted by atomic mass is 10.1. The lowest BCUT2D eigenvalue weighted by Gasteiger charge is -2.23. The number of rotatable bonds is 6. The van der Waals surface area contributed by atoms with Gasteiger partial charge in [-0.2, -0.15) is 0 Å². The second-order valence-electron chi connectivity index (χ2n) is 7.52. The largest absolute Gasteiger partial charge is 0.480 e. The number of likely N-dealkylation sites (tertiary alicyclic amines) is 1. The smallest absolute Gasteiger partial charge is 0.265 e. The quantitative estimate of drug-likeness (QED) is 0.765. The Morgan fingerprint density at radius 1 is 1.00 bits per heavy atom. The Hall–Kier alpha value is -2.82. The highest BCUT2D eigenvalue weighted by Gasteiger charge is 2.24. The minimum absolute atomic E-state index is 0.0179. The molecule has 3 rings (SSSR count). The first-order valence-corrected chi connectivity index (χ1v) is 10.5. The average Bonchev–Trinajstić information content (AvgIpc) is 3.02. The summed E-state index contributed by atoms with van der Waals surface area (Å²) in [5.74, 6) is 0.436. The van der Waals surface area contributed by atoms with E-state index in [-0.39, 0.29) is 11.8 Å². The maximum absolute atomic E-state index is 13.1. The predicted octanol–water partition coefficient (Wildman–Crippen LogP) is 4.81. The average molecular weight is 395 g/mol. The van der Waals surface area contributed by atoms with Crippen LogP contribution >= 0.6 is 0 Å². The van der Waals surface area contributed by atoms with E-state index in [9.17, 15) is 9.59 Å². The van der Waals surface area contributed by atoms with E-state index in [2.05, 4.69) is 5.32 Å². The molecule has 1 aliphatic heterocycles. The Kier molecular flexibility index (Phi) is 7.28. The summed E-state index contributed by atoms with van der Waals surface area (Å²) < 4.78 is 5.95. The molecule has 29 heavy (non-hydrogen) atoms. The van der Waals surface area contributed by atoms with Crippen molar-refractivity contribution in [2.45, 2.75) is 52.1 Å². The number of carbonyl (C=O) groups excluding carboxylic acids is 2. The van der Waals surface area contributed by atoms with Gasteiger partial charge in [-0.05, 0) is 49.9 Å². The van der Waals surface area contributed by atoms with Gasteiger partial charge in [-0.3, -0.25) is 9.59 Å². The fourth-order valence-corrected chi connectivity index (χ4v) is 3.60. The molecule has 5 nitrogen and oxygen atoms in total. The zero-order valence-corrected chi connectivity index (χ0v) is 17.3. The number of benzene rings is 2. The molecule has 154 valence electrons. The molecule has 0 aliphatic carbocycles. The van der Waals surface area contributed by atoms with Crippen LogP contribution in [0.15, 0.2) is 48.5 Å². The van der Waals surface area contributed by atoms with E-state index >= 15 is 0 Å². The number of anilines is 1. The minimum atomic E-state index is -0.627. The monoisotopic (exact) mass is 394 g/mol. The molecule has 1 unspecified atom stereocenters. The van der Waals surface area contributed by atoms with Gasteiger partial charge in [0.1, 0.15) is 5.75 Å². The van der Waals surface area contributed by atoms with Gasteiger partial charge in [0.25, 0.3) is 11.8 Å². The van der Waals surface area contributed by atoms with Crippen LogP contribution in [-0.2, 0) is 4.79 Å². The van der Waals surface area contributed by atoms with Crippen molar-refractivity contribution in [3.63, 3.8) is 0 Å². The second kappa shape index (κ2) is 10.1. The maximum Gasteiger partial charge on any atom is 0.265 e. The third-order valence-corrected chi connectivity index (χ3v) is 5.33. The highest BCUT2D eigenvalue weighted by molar-refractivity contribution is 6.04. The fraction of sp³-hybridized carbons (Fsp3) is 0.417. The summed E-state index contributed by atoms with van der Waals surface area (Å²) in [4.78, 5) is 27.9. The van der Waals surface area contributed by atoms with Crippen molar-refractivity contribution in [2.24, 2.45) is 0 Å². The summed E-state index contributed by atoms with van der Waals surface area (Å²) in [6.07, 6.45) is 4.29. The van der Waals surface area contributed by atoms with Crippen molar-refractivity contribution in [1.29, 1.82) is 0 Å². The summed E-state index contributed by atoms with van der Waals surface area (Å²) in [7, 11) is 0. The van der Waals surface area contributed by atoms with Gasteiger partial charge in [-0.1, -0.05) is 50.1 Å². The number of hydrogen-bond donors (Lipinski definition) is 1. The van der Waals surface area contributed by atoms with Crippen molar-refractivity contribution < 1.29 is 14.3 Å². The number of carbonyl (C=O) groups is 2. The number of nitrogens with zero attached hydrogens (tertiary/aromatic N) is 1. The van der Waals surface area contributed by atoms with Crippen LogP contribution in [0.5, 0.6) is 5.75 Å². The van der Waals surface area contributed by atoms with Gasteiger partial charge in [-0.25, -0.2) is 0 Å². The number of ether oxygens (including phenoxy) is 1. The number of nitrogens with one attached hydrogen (secondary N) is 1. The van der Waals surface area contributed by atoms with E-state index in [4.69, 9.17) is 4.74 Å². The lowest BCUT2D eigenvalue weighted by Crippen LogP contribution is -2.35. The minimum Gasteiger partial charge on any atom is -0.480 e. The molecule has 5 heteroatoms. The number of para-hydroxylation sites is 2.